The van der Waals surface area contributed by atoms with Gasteiger partial charge in [0.15, 0.2) is 5.67 Å². The Morgan fingerprint density at radius 3 is 2.31 bits per heavy atom. The first kappa shape index (κ1) is 34.0. The van der Waals surface area contributed by atoms with Crippen LogP contribution in [0.25, 0.3) is 11.1 Å². The first-order valence-corrected chi connectivity index (χ1v) is 15.2. The lowest BCUT2D eigenvalue weighted by Crippen LogP contribution is -2.46. The maximum Gasteiger partial charge on any atom is 0.326 e. The summed E-state index contributed by atoms with van der Waals surface area (Å²) in [6.45, 7) is -1.14. The molecule has 12 heteroatoms. The summed E-state index contributed by atoms with van der Waals surface area (Å²) in [6, 6.07) is 8.37. The molecular formula is C33H39F3N2O7. The summed E-state index contributed by atoms with van der Waals surface area (Å²) in [7, 11) is 1.37. The van der Waals surface area contributed by atoms with Crippen molar-refractivity contribution in [1.29, 1.82) is 0 Å². The lowest BCUT2D eigenvalue weighted by molar-refractivity contribution is -0.147. The first-order valence-electron chi connectivity index (χ1n) is 15.2. The van der Waals surface area contributed by atoms with E-state index >= 15 is 4.39 Å². The van der Waals surface area contributed by atoms with E-state index in [0.717, 1.165) is 43.4 Å². The molecule has 1 saturated heterocycles. The summed E-state index contributed by atoms with van der Waals surface area (Å²) < 4.78 is 55.4. The molecule has 45 heavy (non-hydrogen) atoms. The van der Waals surface area contributed by atoms with Crippen molar-refractivity contribution in [3.63, 3.8) is 0 Å². The van der Waals surface area contributed by atoms with E-state index in [1.165, 1.54) is 37.4 Å². The number of likely N-dealkylation sites (tertiary alicyclic amines) is 1. The average Bonchev–Trinajstić information content (AvgIpc) is 3.50. The maximum absolute atomic E-state index is 15.6. The Morgan fingerprint density at radius 1 is 0.933 bits per heavy atom. The Balaban J connectivity index is 1.21. The molecule has 2 aliphatic rings. The van der Waals surface area contributed by atoms with Crippen LogP contribution in [0, 0.1) is 0 Å². The van der Waals surface area contributed by atoms with Gasteiger partial charge in [0, 0.05) is 36.1 Å². The fraction of sp³-hybridized carbons (Fsp3) is 0.515. The number of carboxylic acid groups (broad SMARTS) is 1. The number of amides is 2. The molecule has 0 saturated carbocycles. The Bertz CT molecular complexity index is 1400. The van der Waals surface area contributed by atoms with Crippen molar-refractivity contribution in [1.82, 2.24) is 10.2 Å². The standard InChI is InChI=1S/C33H39F3N2O7/c1-44-29(40)13-7-5-3-2-4-6-10-16-45-21-32(34)18-27(31(42)43)38(20-32)28(39)19-37-30(41)22-14-15-26-24(17-22)23-11-8-9-12-25(23)33(26,35)36/h8-9,11-12,14-15,17,27H,2-7,10,13,16,18-21H2,1H3,(H,37,41)(H,42,43)/t27-,32+/m0/s1. The third kappa shape index (κ3) is 8.22. The predicted molar refractivity (Wildman–Crippen MR) is 159 cm³/mol. The Morgan fingerprint density at radius 2 is 1.60 bits per heavy atom. The van der Waals surface area contributed by atoms with Crippen LogP contribution in [0.2, 0.25) is 0 Å². The van der Waals surface area contributed by atoms with Gasteiger partial charge in [0.25, 0.3) is 11.8 Å². The van der Waals surface area contributed by atoms with Crippen LogP contribution in [0.15, 0.2) is 42.5 Å². The molecule has 0 unspecified atom stereocenters. The largest absolute Gasteiger partial charge is 0.480 e. The van der Waals surface area contributed by atoms with Crippen LogP contribution >= 0.6 is 0 Å². The monoisotopic (exact) mass is 632 g/mol. The molecule has 0 bridgehead atoms. The number of carboxylic acids is 1. The molecule has 2 amide bonds. The van der Waals surface area contributed by atoms with Gasteiger partial charge in [-0.3, -0.25) is 14.4 Å². The number of unbranched alkanes of at least 4 members (excludes halogenated alkanes) is 6. The van der Waals surface area contributed by atoms with E-state index < -0.39 is 54.9 Å². The van der Waals surface area contributed by atoms with E-state index in [1.54, 1.807) is 12.1 Å². The number of carbonyl (C=O) groups is 4. The van der Waals surface area contributed by atoms with Gasteiger partial charge in [-0.15, -0.1) is 0 Å². The SMILES string of the molecule is COC(=O)CCCCCCCCCOC[C@@]1(F)C[C@@H](C(=O)O)N(C(=O)CNC(=O)c2ccc3c(c2)-c2ccccc2C3(F)F)C1. The number of carbonyl (C=O) groups excluding carboxylic acids is 3. The van der Waals surface area contributed by atoms with Crippen LogP contribution in [-0.2, 0) is 29.8 Å². The zero-order valence-electron chi connectivity index (χ0n) is 25.3. The van der Waals surface area contributed by atoms with E-state index in [9.17, 15) is 33.1 Å². The molecule has 2 N–H and O–H groups in total. The minimum atomic E-state index is -3.20. The van der Waals surface area contributed by atoms with Crippen molar-refractivity contribution in [3.8, 4) is 11.1 Å². The van der Waals surface area contributed by atoms with Gasteiger partial charge in [-0.25, -0.2) is 9.18 Å². The number of aliphatic carboxylic acids is 1. The molecule has 0 aromatic heterocycles. The van der Waals surface area contributed by atoms with Crippen molar-refractivity contribution in [2.45, 2.75) is 75.4 Å². The molecule has 0 spiro atoms. The fourth-order valence-electron chi connectivity index (χ4n) is 5.92. The topological polar surface area (TPSA) is 122 Å². The number of fused-ring (bicyclic) bond motifs is 3. The van der Waals surface area contributed by atoms with Gasteiger partial charge >= 0.3 is 11.9 Å². The highest BCUT2D eigenvalue weighted by atomic mass is 19.3. The molecule has 2 aromatic rings. The molecule has 2 aromatic carbocycles. The molecule has 1 heterocycles. The van der Waals surface area contributed by atoms with Crippen LogP contribution in [0.5, 0.6) is 0 Å². The van der Waals surface area contributed by atoms with Gasteiger partial charge in [-0.05, 0) is 36.1 Å². The van der Waals surface area contributed by atoms with Crippen LogP contribution in [0.3, 0.4) is 0 Å². The van der Waals surface area contributed by atoms with Gasteiger partial charge in [-0.2, -0.15) is 8.78 Å². The third-order valence-corrected chi connectivity index (χ3v) is 8.33. The quantitative estimate of drug-likeness (QED) is 0.192. The van der Waals surface area contributed by atoms with Crippen LogP contribution in [0.4, 0.5) is 13.2 Å². The molecule has 9 nitrogen and oxygen atoms in total. The van der Waals surface area contributed by atoms with E-state index in [0.29, 0.717) is 25.0 Å². The Labute approximate surface area is 260 Å². The summed E-state index contributed by atoms with van der Waals surface area (Å²) in [5, 5.41) is 12.1. The zero-order valence-corrected chi connectivity index (χ0v) is 25.3. The predicted octanol–water partition coefficient (Wildman–Crippen LogP) is 5.24. The van der Waals surface area contributed by atoms with E-state index in [1.807, 2.05) is 0 Å². The number of methoxy groups -OCH3 is 1. The van der Waals surface area contributed by atoms with E-state index in [2.05, 4.69) is 10.1 Å². The van der Waals surface area contributed by atoms with Crippen LogP contribution < -0.4 is 5.32 Å². The Hall–Kier alpha value is -3.93. The lowest BCUT2D eigenvalue weighted by Gasteiger charge is -2.22. The minimum Gasteiger partial charge on any atom is -0.480 e. The summed E-state index contributed by atoms with van der Waals surface area (Å²) in [6.07, 6.45) is 6.32. The van der Waals surface area contributed by atoms with Crippen molar-refractivity contribution < 1.29 is 46.9 Å². The number of nitrogens with one attached hydrogen (secondary N) is 1. The fourth-order valence-corrected chi connectivity index (χ4v) is 5.92. The summed E-state index contributed by atoms with van der Waals surface area (Å²) in [4.78, 5) is 49.6. The highest BCUT2D eigenvalue weighted by Gasteiger charge is 2.50. The number of benzene rings is 2. The number of ether oxygens (including phenoxy) is 2. The normalized spacial score (nSPS) is 19.6. The smallest absolute Gasteiger partial charge is 0.326 e. The van der Waals surface area contributed by atoms with Gasteiger partial charge < -0.3 is 24.8 Å². The number of rotatable bonds is 16. The van der Waals surface area contributed by atoms with Crippen molar-refractivity contribution in [2.24, 2.45) is 0 Å². The highest BCUT2D eigenvalue weighted by molar-refractivity contribution is 5.99. The second kappa shape index (κ2) is 14.9. The molecule has 1 aliphatic heterocycles. The summed E-state index contributed by atoms with van der Waals surface area (Å²) in [5.74, 6) is -6.25. The van der Waals surface area contributed by atoms with Crippen molar-refractivity contribution in [3.05, 3.63) is 59.2 Å². The Kier molecular flexibility index (Phi) is 11.2. The average molecular weight is 633 g/mol. The summed E-state index contributed by atoms with van der Waals surface area (Å²) >= 11 is 0. The van der Waals surface area contributed by atoms with E-state index in [-0.39, 0.29) is 34.8 Å². The molecule has 4 rings (SSSR count). The van der Waals surface area contributed by atoms with Gasteiger partial charge in [-0.1, -0.05) is 62.4 Å². The van der Waals surface area contributed by atoms with Gasteiger partial charge in [0.05, 0.1) is 26.8 Å². The first-order chi connectivity index (χ1) is 21.5. The molecule has 0 radical (unpaired) electrons. The second-order valence-corrected chi connectivity index (χ2v) is 11.6. The summed E-state index contributed by atoms with van der Waals surface area (Å²) in [5.41, 5.74) is -1.84. The van der Waals surface area contributed by atoms with Gasteiger partial charge in [0.2, 0.25) is 5.91 Å². The van der Waals surface area contributed by atoms with Gasteiger partial charge in [0.1, 0.15) is 6.04 Å². The molecule has 1 fully saturated rings. The lowest BCUT2D eigenvalue weighted by atomic mass is 10.0. The van der Waals surface area contributed by atoms with E-state index in [4.69, 9.17) is 4.74 Å². The van der Waals surface area contributed by atoms with Crippen LogP contribution in [0.1, 0.15) is 79.3 Å². The van der Waals surface area contributed by atoms with Crippen molar-refractivity contribution in [2.75, 3.05) is 33.4 Å². The minimum absolute atomic E-state index is 0.0528. The number of esters is 1. The van der Waals surface area contributed by atoms with Crippen LogP contribution in [-0.4, -0.2) is 78.9 Å². The maximum atomic E-state index is 15.6. The number of nitrogens with zero attached hydrogens (tertiary/aromatic N) is 1. The molecule has 1 aliphatic carbocycles. The van der Waals surface area contributed by atoms with Crippen molar-refractivity contribution >= 4 is 23.8 Å². The zero-order chi connectivity index (χ0) is 32.6. The number of halogens is 3. The second-order valence-electron chi connectivity index (χ2n) is 11.6. The molecular weight excluding hydrogens is 593 g/mol. The third-order valence-electron chi connectivity index (χ3n) is 8.33. The number of alkyl halides is 3. The number of hydrogen-bond donors (Lipinski definition) is 2. The number of hydrogen-bond acceptors (Lipinski definition) is 6. The molecule has 2 atom stereocenters. The highest BCUT2D eigenvalue weighted by Crippen LogP contribution is 2.50. The molecule has 244 valence electrons.